The van der Waals surface area contributed by atoms with E-state index in [2.05, 4.69) is 9.71 Å². The molecule has 1 aliphatic carbocycles. The number of nitrogens with one attached hydrogen (secondary N) is 2. The number of aromatic amines is 1. The molecule has 0 saturated heterocycles. The molecule has 0 aliphatic heterocycles. The van der Waals surface area contributed by atoms with Crippen molar-refractivity contribution in [2.24, 2.45) is 0 Å². The summed E-state index contributed by atoms with van der Waals surface area (Å²) in [6.07, 6.45) is 1.91. The summed E-state index contributed by atoms with van der Waals surface area (Å²) in [6, 6.07) is 10.8. The van der Waals surface area contributed by atoms with Crippen LogP contribution in [0.5, 0.6) is 0 Å². The van der Waals surface area contributed by atoms with E-state index in [1.54, 1.807) is 0 Å². The highest BCUT2D eigenvalue weighted by molar-refractivity contribution is 7.89. The molecule has 1 heterocycles. The van der Waals surface area contributed by atoms with Crippen molar-refractivity contribution >= 4 is 21.6 Å². The third-order valence-electron chi connectivity index (χ3n) is 3.47. The SMILES string of the molecule is O=c1[nH]cc(S(=O)(=O)NC2CC2c2ccccc2)cc1Cl. The normalized spacial score (nSPS) is 21.2. The predicted molar refractivity (Wildman–Crippen MR) is 80.0 cm³/mol. The number of rotatable bonds is 4. The Hall–Kier alpha value is -1.63. The lowest BCUT2D eigenvalue weighted by atomic mass is 10.1. The summed E-state index contributed by atoms with van der Waals surface area (Å²) in [5.41, 5.74) is 0.605. The Labute approximate surface area is 127 Å². The Morgan fingerprint density at radius 2 is 1.95 bits per heavy atom. The molecule has 21 heavy (non-hydrogen) atoms. The van der Waals surface area contributed by atoms with Gasteiger partial charge in [-0.15, -0.1) is 0 Å². The number of halogens is 1. The van der Waals surface area contributed by atoms with Crippen molar-refractivity contribution in [3.8, 4) is 0 Å². The van der Waals surface area contributed by atoms with E-state index in [0.717, 1.165) is 24.2 Å². The molecular formula is C14H13ClN2O3S. The van der Waals surface area contributed by atoms with E-state index in [-0.39, 0.29) is 21.9 Å². The molecule has 1 aliphatic rings. The monoisotopic (exact) mass is 324 g/mol. The summed E-state index contributed by atoms with van der Waals surface area (Å²) < 4.78 is 27.1. The molecule has 0 spiro atoms. The highest BCUT2D eigenvalue weighted by atomic mass is 35.5. The Morgan fingerprint density at radius 3 is 2.62 bits per heavy atom. The van der Waals surface area contributed by atoms with Crippen molar-refractivity contribution in [1.29, 1.82) is 0 Å². The molecule has 2 atom stereocenters. The topological polar surface area (TPSA) is 79.0 Å². The van der Waals surface area contributed by atoms with Gasteiger partial charge in [-0.2, -0.15) is 0 Å². The second kappa shape index (κ2) is 5.29. The first-order chi connectivity index (χ1) is 9.97. The van der Waals surface area contributed by atoms with Crippen molar-refractivity contribution < 1.29 is 8.42 Å². The van der Waals surface area contributed by atoms with E-state index in [0.29, 0.717) is 0 Å². The van der Waals surface area contributed by atoms with Crippen LogP contribution >= 0.6 is 11.6 Å². The third kappa shape index (κ3) is 3.02. The minimum atomic E-state index is -3.68. The second-order valence-electron chi connectivity index (χ2n) is 4.99. The van der Waals surface area contributed by atoms with Crippen molar-refractivity contribution in [3.05, 3.63) is 63.5 Å². The van der Waals surface area contributed by atoms with E-state index >= 15 is 0 Å². The summed E-state index contributed by atoms with van der Waals surface area (Å²) in [5.74, 6) is 0.194. The lowest BCUT2D eigenvalue weighted by Gasteiger charge is -2.06. The fourth-order valence-corrected chi connectivity index (χ4v) is 3.77. The van der Waals surface area contributed by atoms with Gasteiger partial charge < -0.3 is 4.98 Å². The smallest absolute Gasteiger partial charge is 0.266 e. The summed E-state index contributed by atoms with van der Waals surface area (Å²) >= 11 is 5.66. The summed E-state index contributed by atoms with van der Waals surface area (Å²) in [4.78, 5) is 13.4. The van der Waals surface area contributed by atoms with Gasteiger partial charge in [0, 0.05) is 18.2 Å². The zero-order chi connectivity index (χ0) is 15.0. The van der Waals surface area contributed by atoms with Crippen LogP contribution in [0.15, 0.2) is 52.3 Å². The van der Waals surface area contributed by atoms with Crippen LogP contribution in [0.25, 0.3) is 0 Å². The van der Waals surface area contributed by atoms with Gasteiger partial charge in [-0.25, -0.2) is 13.1 Å². The van der Waals surface area contributed by atoms with E-state index < -0.39 is 15.6 Å². The summed E-state index contributed by atoms with van der Waals surface area (Å²) in [6.45, 7) is 0. The average Bonchev–Trinajstić information content (AvgIpc) is 3.21. The first kappa shape index (κ1) is 14.3. The maximum absolute atomic E-state index is 12.2. The maximum atomic E-state index is 12.2. The van der Waals surface area contributed by atoms with Gasteiger partial charge in [0.2, 0.25) is 10.0 Å². The zero-order valence-corrected chi connectivity index (χ0v) is 12.5. The van der Waals surface area contributed by atoms with Crippen LogP contribution < -0.4 is 10.3 Å². The summed E-state index contributed by atoms with van der Waals surface area (Å²) in [5, 5.41) is -0.145. The number of pyridine rings is 1. The number of H-pyrrole nitrogens is 1. The Kier molecular flexibility index (Phi) is 3.61. The second-order valence-corrected chi connectivity index (χ2v) is 7.11. The van der Waals surface area contributed by atoms with Gasteiger partial charge in [-0.05, 0) is 18.1 Å². The van der Waals surface area contributed by atoms with Gasteiger partial charge in [-0.1, -0.05) is 41.9 Å². The standard InChI is InChI=1S/C14H13ClN2O3S/c15-12-6-10(8-16-14(12)18)21(19,20)17-13-7-11(13)9-4-2-1-3-5-9/h1-6,8,11,13,17H,7H2,(H,16,18). The highest BCUT2D eigenvalue weighted by Gasteiger charge is 2.41. The van der Waals surface area contributed by atoms with E-state index in [4.69, 9.17) is 11.6 Å². The van der Waals surface area contributed by atoms with Gasteiger partial charge in [-0.3, -0.25) is 4.79 Å². The van der Waals surface area contributed by atoms with Gasteiger partial charge in [0.1, 0.15) is 5.02 Å². The molecule has 0 bridgehead atoms. The maximum Gasteiger partial charge on any atom is 0.266 e. The van der Waals surface area contributed by atoms with Crippen LogP contribution in [0.3, 0.4) is 0 Å². The Balaban J connectivity index is 1.76. The molecule has 1 aromatic carbocycles. The minimum absolute atomic E-state index is 0.0363. The highest BCUT2D eigenvalue weighted by Crippen LogP contribution is 2.41. The molecular weight excluding hydrogens is 312 g/mol. The van der Waals surface area contributed by atoms with E-state index in [1.807, 2.05) is 30.3 Å². The molecule has 1 aromatic heterocycles. The van der Waals surface area contributed by atoms with Crippen LogP contribution in [-0.2, 0) is 10.0 Å². The average molecular weight is 325 g/mol. The number of hydrogen-bond acceptors (Lipinski definition) is 3. The lowest BCUT2D eigenvalue weighted by Crippen LogP contribution is -2.27. The number of benzene rings is 1. The molecule has 0 radical (unpaired) electrons. The fourth-order valence-electron chi connectivity index (χ4n) is 2.25. The van der Waals surface area contributed by atoms with Gasteiger partial charge >= 0.3 is 0 Å². The summed E-state index contributed by atoms with van der Waals surface area (Å²) in [7, 11) is -3.68. The van der Waals surface area contributed by atoms with Gasteiger partial charge in [0.05, 0.1) is 4.90 Å². The van der Waals surface area contributed by atoms with Crippen LogP contribution in [0.2, 0.25) is 5.02 Å². The van der Waals surface area contributed by atoms with E-state index in [1.165, 1.54) is 0 Å². The number of sulfonamides is 1. The Bertz CT molecular complexity index is 818. The molecule has 110 valence electrons. The first-order valence-electron chi connectivity index (χ1n) is 6.43. The largest absolute Gasteiger partial charge is 0.326 e. The van der Waals surface area contributed by atoms with Crippen molar-refractivity contribution in [3.63, 3.8) is 0 Å². The molecule has 5 nitrogen and oxygen atoms in total. The molecule has 2 unspecified atom stereocenters. The quantitative estimate of drug-likeness (QED) is 0.901. The molecule has 2 N–H and O–H groups in total. The van der Waals surface area contributed by atoms with Crippen molar-refractivity contribution in [2.45, 2.75) is 23.3 Å². The van der Waals surface area contributed by atoms with Gasteiger partial charge in [0.15, 0.2) is 0 Å². The van der Waals surface area contributed by atoms with Crippen LogP contribution in [-0.4, -0.2) is 19.4 Å². The molecule has 1 fully saturated rings. The number of aromatic nitrogens is 1. The first-order valence-corrected chi connectivity index (χ1v) is 8.29. The zero-order valence-electron chi connectivity index (χ0n) is 10.9. The minimum Gasteiger partial charge on any atom is -0.326 e. The van der Waals surface area contributed by atoms with Gasteiger partial charge in [0.25, 0.3) is 5.56 Å². The molecule has 3 rings (SSSR count). The molecule has 0 amide bonds. The van der Waals surface area contributed by atoms with Crippen LogP contribution in [0.1, 0.15) is 17.9 Å². The third-order valence-corrected chi connectivity index (χ3v) is 5.22. The molecule has 7 heteroatoms. The Morgan fingerprint density at radius 1 is 1.24 bits per heavy atom. The van der Waals surface area contributed by atoms with Crippen LogP contribution in [0, 0.1) is 0 Å². The van der Waals surface area contributed by atoms with Crippen molar-refractivity contribution in [1.82, 2.24) is 9.71 Å². The predicted octanol–water partition coefficient (Wildman–Crippen LogP) is 1.86. The van der Waals surface area contributed by atoms with Crippen LogP contribution in [0.4, 0.5) is 0 Å². The molecule has 1 saturated carbocycles. The fraction of sp³-hybridized carbons (Fsp3) is 0.214. The van der Waals surface area contributed by atoms with E-state index in [9.17, 15) is 13.2 Å². The van der Waals surface area contributed by atoms with Crippen molar-refractivity contribution in [2.75, 3.05) is 0 Å². The number of hydrogen-bond donors (Lipinski definition) is 2. The molecule has 2 aromatic rings. The lowest BCUT2D eigenvalue weighted by molar-refractivity contribution is 0.579.